The second kappa shape index (κ2) is 8.19. The lowest BCUT2D eigenvalue weighted by atomic mass is 10.3. The fourth-order valence-corrected chi connectivity index (χ4v) is 4.12. The normalized spacial score (nSPS) is 14.6. The summed E-state index contributed by atoms with van der Waals surface area (Å²) < 4.78 is 44.0. The number of sulfonamides is 1. The molecule has 1 fully saturated rings. The summed E-state index contributed by atoms with van der Waals surface area (Å²) in [6.07, 6.45) is 0. The molecule has 0 atom stereocenters. The fourth-order valence-electron chi connectivity index (χ4n) is 2.93. The first-order valence-electron chi connectivity index (χ1n) is 8.78. The van der Waals surface area contributed by atoms with Crippen molar-refractivity contribution in [2.75, 3.05) is 50.1 Å². The highest BCUT2D eigenvalue weighted by molar-refractivity contribution is 7.92. The third-order valence-corrected chi connectivity index (χ3v) is 5.80. The van der Waals surface area contributed by atoms with Crippen LogP contribution in [0.1, 0.15) is 11.4 Å². The van der Waals surface area contributed by atoms with Gasteiger partial charge in [0.15, 0.2) is 11.5 Å². The molecule has 28 heavy (non-hydrogen) atoms. The van der Waals surface area contributed by atoms with Gasteiger partial charge in [0, 0.05) is 19.2 Å². The van der Waals surface area contributed by atoms with Gasteiger partial charge in [-0.3, -0.25) is 4.72 Å². The zero-order chi connectivity index (χ0) is 20.3. The summed E-state index contributed by atoms with van der Waals surface area (Å²) in [5.74, 6) is 1.36. The van der Waals surface area contributed by atoms with Crippen LogP contribution in [-0.2, 0) is 14.8 Å². The minimum Gasteiger partial charge on any atom is -0.493 e. The van der Waals surface area contributed by atoms with Crippen molar-refractivity contribution in [3.8, 4) is 11.5 Å². The number of morpholine rings is 1. The molecule has 0 aliphatic carbocycles. The van der Waals surface area contributed by atoms with Gasteiger partial charge in [0.25, 0.3) is 10.0 Å². The van der Waals surface area contributed by atoms with Gasteiger partial charge in [-0.25, -0.2) is 18.4 Å². The van der Waals surface area contributed by atoms with Crippen LogP contribution in [0, 0.1) is 13.8 Å². The van der Waals surface area contributed by atoms with Crippen LogP contribution in [0.2, 0.25) is 0 Å². The van der Waals surface area contributed by atoms with Crippen LogP contribution in [-0.4, -0.2) is 58.9 Å². The number of hydrogen-bond acceptors (Lipinski definition) is 8. The van der Waals surface area contributed by atoms with Crippen LogP contribution >= 0.6 is 0 Å². The molecule has 1 aromatic carbocycles. The molecule has 9 nitrogen and oxygen atoms in total. The van der Waals surface area contributed by atoms with Gasteiger partial charge in [-0.1, -0.05) is 0 Å². The largest absolute Gasteiger partial charge is 0.493 e. The van der Waals surface area contributed by atoms with Crippen molar-refractivity contribution >= 4 is 21.7 Å². The monoisotopic (exact) mass is 408 g/mol. The molecule has 152 valence electrons. The molecule has 3 rings (SSSR count). The van der Waals surface area contributed by atoms with Gasteiger partial charge in [0.2, 0.25) is 5.95 Å². The number of hydrogen-bond donors (Lipinski definition) is 1. The topological polar surface area (TPSA) is 103 Å². The molecule has 1 aromatic heterocycles. The number of nitrogens with one attached hydrogen (secondary N) is 1. The fraction of sp³-hybridized carbons (Fsp3) is 0.444. The van der Waals surface area contributed by atoms with E-state index >= 15 is 0 Å². The summed E-state index contributed by atoms with van der Waals surface area (Å²) >= 11 is 0. The lowest BCUT2D eigenvalue weighted by Gasteiger charge is -2.27. The van der Waals surface area contributed by atoms with E-state index in [0.717, 1.165) is 0 Å². The van der Waals surface area contributed by atoms with Crippen molar-refractivity contribution in [2.45, 2.75) is 18.7 Å². The first kappa shape index (κ1) is 20.2. The molecule has 1 N–H and O–H groups in total. The standard InChI is InChI=1S/C18H24N4O5S/c1-12-17(13(2)20-18(19-12)22-7-9-27-10-8-22)21-28(23,24)14-5-6-15(25-3)16(11-14)26-4/h5-6,11,21H,7-10H2,1-4H3. The highest BCUT2D eigenvalue weighted by atomic mass is 32.2. The Morgan fingerprint density at radius 3 is 2.21 bits per heavy atom. The van der Waals surface area contributed by atoms with Crippen molar-refractivity contribution in [3.63, 3.8) is 0 Å². The summed E-state index contributed by atoms with van der Waals surface area (Å²) in [4.78, 5) is 11.0. The predicted molar refractivity (Wildman–Crippen MR) is 105 cm³/mol. The summed E-state index contributed by atoms with van der Waals surface area (Å²) in [7, 11) is -0.910. The van der Waals surface area contributed by atoms with Gasteiger partial charge in [0.1, 0.15) is 0 Å². The van der Waals surface area contributed by atoms with E-state index in [4.69, 9.17) is 14.2 Å². The molecule has 0 spiro atoms. The van der Waals surface area contributed by atoms with Crippen molar-refractivity contribution in [1.82, 2.24) is 9.97 Å². The molecule has 2 aromatic rings. The zero-order valence-electron chi connectivity index (χ0n) is 16.4. The Morgan fingerprint density at radius 2 is 1.64 bits per heavy atom. The Hall–Kier alpha value is -2.59. The van der Waals surface area contributed by atoms with Crippen LogP contribution in [0.15, 0.2) is 23.1 Å². The van der Waals surface area contributed by atoms with Crippen molar-refractivity contribution in [1.29, 1.82) is 0 Å². The van der Waals surface area contributed by atoms with Crippen LogP contribution in [0.25, 0.3) is 0 Å². The summed E-state index contributed by atoms with van der Waals surface area (Å²) in [5.41, 5.74) is 1.47. The van der Waals surface area contributed by atoms with E-state index in [2.05, 4.69) is 14.7 Å². The lowest BCUT2D eigenvalue weighted by molar-refractivity contribution is 0.122. The molecule has 0 saturated carbocycles. The van der Waals surface area contributed by atoms with E-state index in [1.807, 2.05) is 4.90 Å². The summed E-state index contributed by atoms with van der Waals surface area (Å²) in [6.45, 7) is 6.16. The van der Waals surface area contributed by atoms with Gasteiger partial charge in [0.05, 0.1) is 49.4 Å². The van der Waals surface area contributed by atoms with Gasteiger partial charge in [-0.05, 0) is 26.0 Å². The van der Waals surface area contributed by atoms with Gasteiger partial charge in [-0.2, -0.15) is 0 Å². The second-order valence-electron chi connectivity index (χ2n) is 6.29. The Labute approximate surface area is 164 Å². The highest BCUT2D eigenvalue weighted by Gasteiger charge is 2.22. The number of nitrogens with zero attached hydrogens (tertiary/aromatic N) is 3. The van der Waals surface area contributed by atoms with E-state index in [0.29, 0.717) is 60.8 Å². The number of aromatic nitrogens is 2. The average Bonchev–Trinajstić information content (AvgIpc) is 2.70. The Bertz CT molecular complexity index is 935. The van der Waals surface area contributed by atoms with E-state index in [9.17, 15) is 8.42 Å². The third-order valence-electron chi connectivity index (χ3n) is 4.45. The van der Waals surface area contributed by atoms with Crippen molar-refractivity contribution < 1.29 is 22.6 Å². The Balaban J connectivity index is 1.90. The molecular weight excluding hydrogens is 384 g/mol. The smallest absolute Gasteiger partial charge is 0.262 e. The first-order chi connectivity index (χ1) is 13.4. The molecule has 0 unspecified atom stereocenters. The molecule has 0 amide bonds. The molecule has 2 heterocycles. The molecule has 10 heteroatoms. The van der Waals surface area contributed by atoms with E-state index < -0.39 is 10.0 Å². The number of ether oxygens (including phenoxy) is 3. The van der Waals surface area contributed by atoms with Gasteiger partial charge in [-0.15, -0.1) is 0 Å². The summed E-state index contributed by atoms with van der Waals surface area (Å²) in [5, 5.41) is 0. The maximum Gasteiger partial charge on any atom is 0.262 e. The van der Waals surface area contributed by atoms with Crippen molar-refractivity contribution in [2.24, 2.45) is 0 Å². The molecule has 0 bridgehead atoms. The maximum absolute atomic E-state index is 12.9. The van der Waals surface area contributed by atoms with Gasteiger partial charge >= 0.3 is 0 Å². The Kier molecular flexibility index (Phi) is 5.90. The zero-order valence-corrected chi connectivity index (χ0v) is 17.2. The molecule has 0 radical (unpaired) electrons. The molecule has 1 aliphatic rings. The minimum atomic E-state index is -3.85. The van der Waals surface area contributed by atoms with Crippen LogP contribution in [0.4, 0.5) is 11.6 Å². The van der Waals surface area contributed by atoms with Crippen LogP contribution < -0.4 is 19.1 Å². The number of methoxy groups -OCH3 is 2. The highest BCUT2D eigenvalue weighted by Crippen LogP contribution is 2.31. The van der Waals surface area contributed by atoms with E-state index in [1.54, 1.807) is 19.9 Å². The van der Waals surface area contributed by atoms with Crippen LogP contribution in [0.5, 0.6) is 11.5 Å². The second-order valence-corrected chi connectivity index (χ2v) is 7.97. The SMILES string of the molecule is COc1ccc(S(=O)(=O)Nc2c(C)nc(N3CCOCC3)nc2C)cc1OC. The van der Waals surface area contributed by atoms with E-state index in [-0.39, 0.29) is 4.90 Å². The van der Waals surface area contributed by atoms with Gasteiger partial charge < -0.3 is 19.1 Å². The molecular formula is C18H24N4O5S. The first-order valence-corrected chi connectivity index (χ1v) is 10.3. The summed E-state index contributed by atoms with van der Waals surface area (Å²) in [6, 6.07) is 4.41. The molecule has 1 saturated heterocycles. The van der Waals surface area contributed by atoms with E-state index in [1.165, 1.54) is 26.4 Å². The number of benzene rings is 1. The maximum atomic E-state index is 12.9. The van der Waals surface area contributed by atoms with Crippen LogP contribution in [0.3, 0.4) is 0 Å². The minimum absolute atomic E-state index is 0.0567. The lowest BCUT2D eigenvalue weighted by Crippen LogP contribution is -2.37. The number of anilines is 2. The Morgan fingerprint density at radius 1 is 1.04 bits per heavy atom. The molecule has 1 aliphatic heterocycles. The number of aryl methyl sites for hydroxylation is 2. The predicted octanol–water partition coefficient (Wildman–Crippen LogP) is 1.75. The number of rotatable bonds is 6. The van der Waals surface area contributed by atoms with Crippen molar-refractivity contribution in [3.05, 3.63) is 29.6 Å². The quantitative estimate of drug-likeness (QED) is 0.771. The average molecular weight is 408 g/mol. The third kappa shape index (κ3) is 4.12.